The minimum Gasteiger partial charge on any atom is -0.368 e. The lowest BCUT2D eigenvalue weighted by Gasteiger charge is -2.28. The van der Waals surface area contributed by atoms with E-state index in [1.807, 2.05) is 61.2 Å². The number of carbonyl (C=O) groups excluding carboxylic acids is 2. The van der Waals surface area contributed by atoms with Crippen molar-refractivity contribution >= 4 is 34.4 Å². The molecule has 0 spiro atoms. The molecule has 1 aromatic heterocycles. The van der Waals surface area contributed by atoms with E-state index in [0.717, 1.165) is 28.0 Å². The summed E-state index contributed by atoms with van der Waals surface area (Å²) in [6.45, 7) is 4.62. The van der Waals surface area contributed by atoms with E-state index in [1.165, 1.54) is 0 Å². The van der Waals surface area contributed by atoms with Crippen molar-refractivity contribution in [1.82, 2.24) is 20.2 Å². The summed E-state index contributed by atoms with van der Waals surface area (Å²) in [7, 11) is 0. The molecule has 1 fully saturated rings. The van der Waals surface area contributed by atoms with Crippen LogP contribution in [-0.4, -0.2) is 45.3 Å². The molecule has 7 nitrogen and oxygen atoms in total. The fourth-order valence-corrected chi connectivity index (χ4v) is 4.66. The van der Waals surface area contributed by atoms with Crippen LogP contribution in [-0.2, 0) is 16.1 Å². The van der Waals surface area contributed by atoms with Crippen molar-refractivity contribution in [3.8, 4) is 0 Å². The predicted molar refractivity (Wildman–Crippen MR) is 121 cm³/mol. The molecule has 2 unspecified atom stereocenters. The summed E-state index contributed by atoms with van der Waals surface area (Å²) < 4.78 is 0. The number of halogens is 1. The van der Waals surface area contributed by atoms with Crippen molar-refractivity contribution in [2.45, 2.75) is 44.8 Å². The second-order valence-electron chi connectivity index (χ2n) is 8.15. The van der Waals surface area contributed by atoms with Crippen LogP contribution in [0.5, 0.6) is 0 Å². The van der Waals surface area contributed by atoms with E-state index in [2.05, 4.69) is 15.3 Å². The number of carbonyl (C=O) groups is 2. The molecule has 1 aliphatic heterocycles. The summed E-state index contributed by atoms with van der Waals surface area (Å²) in [5.74, 6) is 0.395. The van der Waals surface area contributed by atoms with Gasteiger partial charge in [-0.15, -0.1) is 0 Å². The Bertz CT molecular complexity index is 1110. The number of nitrogens with two attached hydrogens (primary N) is 1. The van der Waals surface area contributed by atoms with E-state index < -0.39 is 18.0 Å². The van der Waals surface area contributed by atoms with Gasteiger partial charge in [0.25, 0.3) is 0 Å². The molecule has 162 valence electrons. The van der Waals surface area contributed by atoms with E-state index in [1.54, 1.807) is 0 Å². The molecule has 3 atom stereocenters. The molecule has 0 saturated carbocycles. The largest absolute Gasteiger partial charge is 0.368 e. The molecule has 4 rings (SSSR count). The number of likely N-dealkylation sites (tertiary alicyclic amines) is 1. The van der Waals surface area contributed by atoms with Crippen molar-refractivity contribution in [3.05, 3.63) is 64.4 Å². The molecule has 8 heteroatoms. The van der Waals surface area contributed by atoms with Gasteiger partial charge in [0.2, 0.25) is 11.8 Å². The van der Waals surface area contributed by atoms with E-state index in [9.17, 15) is 9.59 Å². The first-order valence-electron chi connectivity index (χ1n) is 10.4. The van der Waals surface area contributed by atoms with Gasteiger partial charge < -0.3 is 16.0 Å². The number of aromatic nitrogens is 2. The number of imidazole rings is 1. The molecule has 2 heterocycles. The second kappa shape index (κ2) is 8.69. The van der Waals surface area contributed by atoms with Crippen LogP contribution in [0.25, 0.3) is 11.0 Å². The lowest BCUT2D eigenvalue weighted by Crippen LogP contribution is -2.51. The Labute approximate surface area is 186 Å². The van der Waals surface area contributed by atoms with Crippen molar-refractivity contribution in [3.63, 3.8) is 0 Å². The molecule has 0 bridgehead atoms. The van der Waals surface area contributed by atoms with Crippen molar-refractivity contribution < 1.29 is 9.59 Å². The molecule has 4 N–H and O–H groups in total. The Kier molecular flexibility index (Phi) is 5.98. The summed E-state index contributed by atoms with van der Waals surface area (Å²) in [5, 5.41) is 3.50. The van der Waals surface area contributed by atoms with Gasteiger partial charge in [-0.3, -0.25) is 14.5 Å². The van der Waals surface area contributed by atoms with E-state index in [-0.39, 0.29) is 11.8 Å². The van der Waals surface area contributed by atoms with Gasteiger partial charge in [-0.25, -0.2) is 4.98 Å². The highest BCUT2D eigenvalue weighted by Crippen LogP contribution is 2.33. The van der Waals surface area contributed by atoms with Crippen molar-refractivity contribution in [1.29, 1.82) is 0 Å². The van der Waals surface area contributed by atoms with Crippen molar-refractivity contribution in [2.24, 2.45) is 5.73 Å². The van der Waals surface area contributed by atoms with E-state index >= 15 is 0 Å². The standard InChI is InChI=1S/C23H26ClN5O2/c1-13(29-12-17(10-20(29)22(25)30)16-6-4-3-5-7-16)23(31)26-11-15-8-18(24)21-19(9-15)27-14(2)28-21/h3-9,13,17,20H,10-12H2,1-2H3,(H2,25,30)(H,26,31)(H,27,28)/t13-,17?,20?/m0/s1. The number of aryl methyl sites for hydroxylation is 1. The van der Waals surface area contributed by atoms with Crippen LogP contribution in [0, 0.1) is 6.92 Å². The number of hydrogen-bond donors (Lipinski definition) is 3. The van der Waals surface area contributed by atoms with Gasteiger partial charge in [-0.1, -0.05) is 41.9 Å². The highest BCUT2D eigenvalue weighted by molar-refractivity contribution is 6.35. The Morgan fingerprint density at radius 1 is 1.32 bits per heavy atom. The first-order valence-corrected chi connectivity index (χ1v) is 10.7. The number of H-pyrrole nitrogens is 1. The number of nitrogens with one attached hydrogen (secondary N) is 2. The molecular formula is C23H26ClN5O2. The molecular weight excluding hydrogens is 414 g/mol. The molecule has 31 heavy (non-hydrogen) atoms. The average molecular weight is 440 g/mol. The van der Waals surface area contributed by atoms with Gasteiger partial charge in [0.1, 0.15) is 11.3 Å². The van der Waals surface area contributed by atoms with Gasteiger partial charge in [0, 0.05) is 13.1 Å². The SMILES string of the molecule is Cc1nc2c(Cl)cc(CNC(=O)[C@H](C)N3CC(c4ccccc4)CC3C(N)=O)cc2[nH]1. The number of primary amides is 1. The summed E-state index contributed by atoms with van der Waals surface area (Å²) in [6.07, 6.45) is 0.614. The molecule has 1 aliphatic rings. The Hall–Kier alpha value is -2.90. The van der Waals surface area contributed by atoms with E-state index in [0.29, 0.717) is 24.5 Å². The molecule has 0 aliphatic carbocycles. The third-order valence-electron chi connectivity index (χ3n) is 6.00. The van der Waals surface area contributed by atoms with Crippen LogP contribution in [0.15, 0.2) is 42.5 Å². The quantitative estimate of drug-likeness (QED) is 0.549. The maximum Gasteiger partial charge on any atom is 0.237 e. The number of rotatable bonds is 6. The van der Waals surface area contributed by atoms with Gasteiger partial charge in [0.05, 0.1) is 22.6 Å². The van der Waals surface area contributed by atoms with Crippen LogP contribution in [0.1, 0.15) is 36.2 Å². The average Bonchev–Trinajstić information content (AvgIpc) is 3.36. The highest BCUT2D eigenvalue weighted by Gasteiger charge is 2.40. The molecule has 1 saturated heterocycles. The number of fused-ring (bicyclic) bond motifs is 1. The van der Waals surface area contributed by atoms with Gasteiger partial charge in [-0.05, 0) is 49.4 Å². The normalized spacial score (nSPS) is 20.1. The summed E-state index contributed by atoms with van der Waals surface area (Å²) in [6, 6.07) is 12.8. The highest BCUT2D eigenvalue weighted by atomic mass is 35.5. The third-order valence-corrected chi connectivity index (χ3v) is 6.29. The summed E-state index contributed by atoms with van der Waals surface area (Å²) in [5.41, 5.74) is 9.25. The fraction of sp³-hybridized carbons (Fsp3) is 0.348. The topological polar surface area (TPSA) is 104 Å². The molecule has 0 radical (unpaired) electrons. The summed E-state index contributed by atoms with van der Waals surface area (Å²) >= 11 is 6.33. The molecule has 2 aromatic carbocycles. The van der Waals surface area contributed by atoms with Crippen LogP contribution in [0.2, 0.25) is 5.02 Å². The van der Waals surface area contributed by atoms with Crippen LogP contribution in [0.3, 0.4) is 0 Å². The zero-order valence-electron chi connectivity index (χ0n) is 17.6. The fourth-order valence-electron chi connectivity index (χ4n) is 4.38. The van der Waals surface area contributed by atoms with Gasteiger partial charge >= 0.3 is 0 Å². The number of benzene rings is 2. The van der Waals surface area contributed by atoms with Crippen LogP contribution >= 0.6 is 11.6 Å². The lowest BCUT2D eigenvalue weighted by atomic mass is 9.96. The Morgan fingerprint density at radius 2 is 2.06 bits per heavy atom. The zero-order valence-corrected chi connectivity index (χ0v) is 18.3. The van der Waals surface area contributed by atoms with Crippen LogP contribution < -0.4 is 11.1 Å². The predicted octanol–water partition coefficient (Wildman–Crippen LogP) is 2.87. The summed E-state index contributed by atoms with van der Waals surface area (Å²) in [4.78, 5) is 34.4. The molecule has 3 aromatic rings. The third kappa shape index (κ3) is 4.43. The maximum absolute atomic E-state index is 12.9. The first kappa shape index (κ1) is 21.3. The number of aromatic amines is 1. The minimum absolute atomic E-state index is 0.156. The van der Waals surface area contributed by atoms with Crippen LogP contribution in [0.4, 0.5) is 0 Å². The number of amides is 2. The maximum atomic E-state index is 12.9. The zero-order chi connectivity index (χ0) is 22.1. The van der Waals surface area contributed by atoms with Crippen molar-refractivity contribution in [2.75, 3.05) is 6.54 Å². The number of nitrogens with zero attached hydrogens (tertiary/aromatic N) is 2. The minimum atomic E-state index is -0.486. The monoisotopic (exact) mass is 439 g/mol. The Balaban J connectivity index is 1.45. The van der Waals surface area contributed by atoms with Gasteiger partial charge in [0.15, 0.2) is 0 Å². The second-order valence-corrected chi connectivity index (χ2v) is 8.56. The van der Waals surface area contributed by atoms with Gasteiger partial charge in [-0.2, -0.15) is 0 Å². The lowest BCUT2D eigenvalue weighted by molar-refractivity contribution is -0.129. The first-order chi connectivity index (χ1) is 14.8. The Morgan fingerprint density at radius 3 is 2.77 bits per heavy atom. The number of hydrogen-bond acceptors (Lipinski definition) is 4. The van der Waals surface area contributed by atoms with E-state index in [4.69, 9.17) is 17.3 Å². The molecule has 2 amide bonds. The smallest absolute Gasteiger partial charge is 0.237 e.